The van der Waals surface area contributed by atoms with E-state index < -0.39 is 11.6 Å². The maximum atomic E-state index is 11.6. The van der Waals surface area contributed by atoms with E-state index in [0.717, 1.165) is 17.8 Å². The van der Waals surface area contributed by atoms with Gasteiger partial charge >= 0.3 is 5.97 Å². The Labute approximate surface area is 240 Å². The van der Waals surface area contributed by atoms with Crippen molar-refractivity contribution in [2.45, 2.75) is 33.3 Å². The first-order chi connectivity index (χ1) is 19.6. The Balaban J connectivity index is 1.67. The van der Waals surface area contributed by atoms with Crippen LogP contribution in [0, 0.1) is 34.0 Å². The first-order valence-corrected chi connectivity index (χ1v) is 12.9. The van der Waals surface area contributed by atoms with Crippen molar-refractivity contribution in [3.05, 3.63) is 94.8 Å². The summed E-state index contributed by atoms with van der Waals surface area (Å²) in [5, 5.41) is 36.7. The van der Waals surface area contributed by atoms with E-state index in [1.54, 1.807) is 39.0 Å². The fourth-order valence-corrected chi connectivity index (χ4v) is 4.00. The number of hydrogen-bond acceptors (Lipinski definition) is 9. The number of hydrogen-bond donors (Lipinski definition) is 0. The molecule has 3 rings (SSSR count). The molecule has 0 N–H and O–H groups in total. The molecule has 0 saturated heterocycles. The van der Waals surface area contributed by atoms with Crippen LogP contribution in [-0.4, -0.2) is 31.3 Å². The summed E-state index contributed by atoms with van der Waals surface area (Å²) in [5.41, 5.74) is 3.24. The van der Waals surface area contributed by atoms with E-state index in [9.17, 15) is 20.6 Å². The fraction of sp³-hybridized carbons (Fsp3) is 0.250. The first-order valence-electron chi connectivity index (χ1n) is 12.9. The Bertz CT molecular complexity index is 1540. The zero-order valence-electron chi connectivity index (χ0n) is 23.5. The lowest BCUT2D eigenvalue weighted by Crippen LogP contribution is -2.28. The Morgan fingerprint density at radius 1 is 1.02 bits per heavy atom. The number of esters is 1. The summed E-state index contributed by atoms with van der Waals surface area (Å²) >= 11 is 0. The van der Waals surface area contributed by atoms with Crippen LogP contribution in [0.5, 0.6) is 0 Å². The second-order valence-electron chi connectivity index (χ2n) is 9.58. The Morgan fingerprint density at radius 3 is 2.12 bits per heavy atom. The quantitative estimate of drug-likeness (QED) is 0.136. The summed E-state index contributed by atoms with van der Waals surface area (Å²) in [4.78, 5) is 13.7. The highest BCUT2D eigenvalue weighted by molar-refractivity contribution is 5.86. The van der Waals surface area contributed by atoms with Crippen molar-refractivity contribution in [2.24, 2.45) is 10.2 Å². The molecule has 0 bridgehead atoms. The van der Waals surface area contributed by atoms with E-state index in [4.69, 9.17) is 9.47 Å². The first kappa shape index (κ1) is 30.1. The topological polar surface area (TPSA) is 135 Å². The largest absolute Gasteiger partial charge is 0.480 e. The highest BCUT2D eigenvalue weighted by Gasteiger charge is 2.38. The summed E-state index contributed by atoms with van der Waals surface area (Å²) in [6.07, 6.45) is 3.60. The maximum Gasteiger partial charge on any atom is 0.333 e. The fourth-order valence-electron chi connectivity index (χ4n) is 4.00. The van der Waals surface area contributed by atoms with E-state index >= 15 is 0 Å². The SMILES string of the molecule is C=C(C)C(=O)OCCN(CC)c1ccc(N=Nc2ccc(/C=C/C3=C(C#N)C(=C(C#N)C#N)OC3(C)C)cc2)cc1. The van der Waals surface area contributed by atoms with Crippen molar-refractivity contribution in [3.63, 3.8) is 0 Å². The minimum atomic E-state index is -0.870. The van der Waals surface area contributed by atoms with Gasteiger partial charge in [0.15, 0.2) is 11.3 Å². The third kappa shape index (κ3) is 7.56. The molecule has 0 unspecified atom stereocenters. The zero-order valence-corrected chi connectivity index (χ0v) is 23.5. The van der Waals surface area contributed by atoms with Crippen molar-refractivity contribution in [1.29, 1.82) is 15.8 Å². The lowest BCUT2D eigenvalue weighted by molar-refractivity contribution is -0.138. The van der Waals surface area contributed by atoms with Gasteiger partial charge in [0.2, 0.25) is 0 Å². The minimum Gasteiger partial charge on any atom is -0.480 e. The van der Waals surface area contributed by atoms with Crippen molar-refractivity contribution < 1.29 is 14.3 Å². The Kier molecular flexibility index (Phi) is 9.95. The highest BCUT2D eigenvalue weighted by atomic mass is 16.5. The molecule has 0 aliphatic carbocycles. The second kappa shape index (κ2) is 13.6. The molecular formula is C32H30N6O3. The van der Waals surface area contributed by atoms with Crippen LogP contribution in [0.3, 0.4) is 0 Å². The number of azo groups is 1. The number of rotatable bonds is 10. The smallest absolute Gasteiger partial charge is 0.333 e. The average Bonchev–Trinajstić information content (AvgIpc) is 3.23. The third-order valence-electron chi connectivity index (χ3n) is 6.22. The van der Waals surface area contributed by atoms with Crippen LogP contribution >= 0.6 is 0 Å². The van der Waals surface area contributed by atoms with Crippen LogP contribution in [0.1, 0.15) is 33.3 Å². The molecule has 9 nitrogen and oxygen atoms in total. The monoisotopic (exact) mass is 546 g/mol. The van der Waals surface area contributed by atoms with Gasteiger partial charge in [0.05, 0.1) is 17.9 Å². The number of nitrogens with zero attached hydrogens (tertiary/aromatic N) is 6. The van der Waals surface area contributed by atoms with E-state index in [2.05, 4.69) is 27.8 Å². The van der Waals surface area contributed by atoms with Crippen LogP contribution in [0.2, 0.25) is 0 Å². The van der Waals surface area contributed by atoms with Crippen LogP contribution in [0.25, 0.3) is 6.08 Å². The molecule has 0 radical (unpaired) electrons. The predicted molar refractivity (Wildman–Crippen MR) is 156 cm³/mol. The number of carbonyl (C=O) groups is 1. The Morgan fingerprint density at radius 2 is 1.61 bits per heavy atom. The molecule has 9 heteroatoms. The van der Waals surface area contributed by atoms with Crippen molar-refractivity contribution >= 4 is 29.1 Å². The number of likely N-dealkylation sites (N-methyl/N-ethyl adjacent to an activating group) is 1. The molecule has 0 spiro atoms. The molecule has 206 valence electrons. The van der Waals surface area contributed by atoms with E-state index in [1.165, 1.54) is 0 Å². The van der Waals surface area contributed by atoms with Crippen molar-refractivity contribution in [3.8, 4) is 18.2 Å². The summed E-state index contributed by atoms with van der Waals surface area (Å²) in [5.74, 6) is -0.380. The Hall–Kier alpha value is -5.46. The molecule has 1 aliphatic rings. The minimum absolute atomic E-state index is 0.0115. The second-order valence-corrected chi connectivity index (χ2v) is 9.58. The summed E-state index contributed by atoms with van der Waals surface area (Å²) in [7, 11) is 0. The van der Waals surface area contributed by atoms with Crippen LogP contribution in [-0.2, 0) is 14.3 Å². The molecule has 0 amide bonds. The summed E-state index contributed by atoms with van der Waals surface area (Å²) in [6, 6.07) is 20.7. The van der Waals surface area contributed by atoms with Gasteiger partial charge in [0.25, 0.3) is 0 Å². The zero-order chi connectivity index (χ0) is 30.0. The van der Waals surface area contributed by atoms with E-state index in [0.29, 0.717) is 29.1 Å². The van der Waals surface area contributed by atoms with Crippen molar-refractivity contribution in [1.82, 2.24) is 0 Å². The van der Waals surface area contributed by atoms with Crippen LogP contribution in [0.4, 0.5) is 17.1 Å². The third-order valence-corrected chi connectivity index (χ3v) is 6.22. The van der Waals surface area contributed by atoms with Crippen molar-refractivity contribution in [2.75, 3.05) is 24.6 Å². The lowest BCUT2D eigenvalue weighted by Gasteiger charge is -2.22. The molecular weight excluding hydrogens is 516 g/mol. The van der Waals surface area contributed by atoms with Gasteiger partial charge in [-0.3, -0.25) is 0 Å². The van der Waals surface area contributed by atoms with Gasteiger partial charge in [0, 0.05) is 23.4 Å². The number of allylic oxidation sites excluding steroid dienone is 2. The molecule has 1 heterocycles. The lowest BCUT2D eigenvalue weighted by atomic mass is 9.94. The highest BCUT2D eigenvalue weighted by Crippen LogP contribution is 2.40. The van der Waals surface area contributed by atoms with E-state index in [1.807, 2.05) is 61.5 Å². The summed E-state index contributed by atoms with van der Waals surface area (Å²) < 4.78 is 11.0. The van der Waals surface area contributed by atoms with Gasteiger partial charge in [-0.1, -0.05) is 30.9 Å². The van der Waals surface area contributed by atoms with Gasteiger partial charge in [0.1, 0.15) is 36.0 Å². The number of carbonyl (C=O) groups excluding carboxylic acids is 1. The molecule has 2 aromatic rings. The number of nitriles is 3. The molecule has 0 saturated carbocycles. The molecule has 0 fully saturated rings. The molecule has 0 aromatic heterocycles. The molecule has 41 heavy (non-hydrogen) atoms. The number of anilines is 1. The standard InChI is InChI=1S/C32H30N6O3/c1-6-38(17-18-40-31(39)22(2)3)27-14-12-26(13-15-27)37-36-25-10-7-23(8-11-25)9-16-29-28(21-35)30(24(19-33)20-34)41-32(29,4)5/h7-16H,2,6,17-18H2,1,3-5H3/b16-9+,37-36?. The van der Waals surface area contributed by atoms with Gasteiger partial charge in [-0.15, -0.1) is 0 Å². The van der Waals surface area contributed by atoms with Crippen LogP contribution < -0.4 is 4.90 Å². The number of benzene rings is 2. The van der Waals surface area contributed by atoms with Gasteiger partial charge in [-0.05, 0) is 69.7 Å². The number of ether oxygens (including phenoxy) is 2. The van der Waals surface area contributed by atoms with Gasteiger partial charge in [-0.2, -0.15) is 26.0 Å². The van der Waals surface area contributed by atoms with E-state index in [-0.39, 0.29) is 23.5 Å². The normalized spacial score (nSPS) is 13.8. The van der Waals surface area contributed by atoms with Crippen LogP contribution in [0.15, 0.2) is 99.5 Å². The average molecular weight is 547 g/mol. The maximum absolute atomic E-state index is 11.6. The van der Waals surface area contributed by atoms with Gasteiger partial charge in [-0.25, -0.2) is 4.79 Å². The molecule has 0 atom stereocenters. The molecule has 1 aliphatic heterocycles. The summed E-state index contributed by atoms with van der Waals surface area (Å²) in [6.45, 7) is 12.4. The predicted octanol–water partition coefficient (Wildman–Crippen LogP) is 6.99. The van der Waals surface area contributed by atoms with Gasteiger partial charge < -0.3 is 14.4 Å². The molecule has 2 aromatic carbocycles.